The minimum atomic E-state index is -4.94. The van der Waals surface area contributed by atoms with Gasteiger partial charge >= 0.3 is 0 Å². The molecule has 2 heterocycles. The normalized spacial score (nSPS) is 12.9. The van der Waals surface area contributed by atoms with Crippen LogP contribution in [0.1, 0.15) is 42.9 Å². The second-order valence-corrected chi connectivity index (χ2v) is 7.82. The monoisotopic (exact) mass is 495 g/mol. The largest absolute Gasteiger partial charge is 0.346 e. The fourth-order valence-electron chi connectivity index (χ4n) is 3.32. The van der Waals surface area contributed by atoms with E-state index >= 15 is 0 Å². The van der Waals surface area contributed by atoms with E-state index in [1.807, 2.05) is 66.9 Å². The van der Waals surface area contributed by atoms with E-state index in [2.05, 4.69) is 10.2 Å². The van der Waals surface area contributed by atoms with Gasteiger partial charge in [-0.1, -0.05) is 41.9 Å². The van der Waals surface area contributed by atoms with Gasteiger partial charge in [0.2, 0.25) is 6.29 Å². The van der Waals surface area contributed by atoms with Gasteiger partial charge < -0.3 is 9.47 Å². The SMILES string of the molecule is CCOC(OCC)c1nnc2n1-c1ccc(Cl)cc1C(c1ccccc1)=NC2.[O-][Cl+3]([O-])([O-])[O-]. The van der Waals surface area contributed by atoms with Crippen LogP contribution in [0, 0.1) is 10.2 Å². The first kappa shape index (κ1) is 25.2. The van der Waals surface area contributed by atoms with Crippen LogP contribution in [0.3, 0.4) is 0 Å². The second-order valence-electron chi connectivity index (χ2n) is 6.62. The number of nitrogens with zero attached hydrogens (tertiary/aromatic N) is 4. The summed E-state index contributed by atoms with van der Waals surface area (Å²) in [5, 5.41) is 9.37. The molecule has 33 heavy (non-hydrogen) atoms. The van der Waals surface area contributed by atoms with Crippen LogP contribution in [-0.2, 0) is 16.0 Å². The Balaban J connectivity index is 0.000000555. The summed E-state index contributed by atoms with van der Waals surface area (Å²) >= 11 is 6.34. The fraction of sp³-hybridized carbons (Fsp3) is 0.286. The number of aliphatic imine (C=N–C) groups is 1. The van der Waals surface area contributed by atoms with E-state index in [4.69, 9.17) is 44.7 Å². The van der Waals surface area contributed by atoms with Gasteiger partial charge in [-0.25, -0.2) is 18.6 Å². The van der Waals surface area contributed by atoms with Crippen molar-refractivity contribution >= 4 is 17.3 Å². The molecule has 1 aliphatic rings. The Kier molecular flexibility index (Phi) is 8.51. The van der Waals surface area contributed by atoms with Gasteiger partial charge in [-0.15, -0.1) is 20.4 Å². The van der Waals surface area contributed by atoms with E-state index in [0.717, 1.165) is 28.4 Å². The molecule has 3 aromatic rings. The third-order valence-electron chi connectivity index (χ3n) is 4.48. The number of fused-ring (bicyclic) bond motifs is 3. The van der Waals surface area contributed by atoms with Crippen molar-refractivity contribution in [3.63, 3.8) is 0 Å². The Morgan fingerprint density at radius 1 is 1.00 bits per heavy atom. The van der Waals surface area contributed by atoms with Gasteiger partial charge in [0.05, 0.1) is 11.4 Å². The molecule has 0 unspecified atom stereocenters. The summed E-state index contributed by atoms with van der Waals surface area (Å²) in [6, 6.07) is 15.8. The highest BCUT2D eigenvalue weighted by molar-refractivity contribution is 6.31. The molecule has 0 fully saturated rings. The Morgan fingerprint density at radius 2 is 1.64 bits per heavy atom. The Labute approximate surface area is 197 Å². The van der Waals surface area contributed by atoms with Crippen LogP contribution in [-0.4, -0.2) is 33.7 Å². The minimum absolute atomic E-state index is 0.397. The first-order valence-electron chi connectivity index (χ1n) is 9.92. The first-order valence-corrected chi connectivity index (χ1v) is 11.5. The topological polar surface area (TPSA) is 154 Å². The summed E-state index contributed by atoms with van der Waals surface area (Å²) in [5.41, 5.74) is 3.73. The zero-order valence-electron chi connectivity index (χ0n) is 17.8. The summed E-state index contributed by atoms with van der Waals surface area (Å²) in [5.74, 6) is 1.33. The molecule has 12 heteroatoms. The molecule has 0 bridgehead atoms. The highest BCUT2D eigenvalue weighted by Crippen LogP contribution is 2.30. The van der Waals surface area contributed by atoms with Crippen LogP contribution in [0.2, 0.25) is 5.02 Å². The molecule has 0 radical (unpaired) electrons. The van der Waals surface area contributed by atoms with Crippen LogP contribution < -0.4 is 18.6 Å². The number of aromatic nitrogens is 3. The molecule has 1 aliphatic heterocycles. The van der Waals surface area contributed by atoms with Crippen molar-refractivity contribution < 1.29 is 38.4 Å². The van der Waals surface area contributed by atoms with E-state index in [0.29, 0.717) is 30.6 Å². The lowest BCUT2D eigenvalue weighted by Crippen LogP contribution is -2.68. The number of benzene rings is 2. The Hall–Kier alpha value is -2.41. The van der Waals surface area contributed by atoms with Crippen molar-refractivity contribution in [2.75, 3.05) is 13.2 Å². The molecular weight excluding hydrogens is 475 g/mol. The average Bonchev–Trinajstić information content (AvgIpc) is 3.10. The van der Waals surface area contributed by atoms with Crippen molar-refractivity contribution in [2.24, 2.45) is 4.99 Å². The number of hydrogen-bond donors (Lipinski definition) is 0. The molecular formula is C21H21Cl2N4O6-. The third-order valence-corrected chi connectivity index (χ3v) is 4.72. The predicted molar refractivity (Wildman–Crippen MR) is 108 cm³/mol. The zero-order chi connectivity index (χ0) is 24.0. The maximum absolute atomic E-state index is 8.49. The summed E-state index contributed by atoms with van der Waals surface area (Å²) in [6.07, 6.45) is -0.599. The molecule has 2 aromatic carbocycles. The van der Waals surface area contributed by atoms with Gasteiger partial charge in [-0.05, 0) is 32.0 Å². The zero-order valence-corrected chi connectivity index (χ0v) is 19.3. The van der Waals surface area contributed by atoms with Gasteiger partial charge in [0.15, 0.2) is 11.6 Å². The lowest BCUT2D eigenvalue weighted by Gasteiger charge is -2.19. The highest BCUT2D eigenvalue weighted by Gasteiger charge is 2.27. The first-order chi connectivity index (χ1) is 15.7. The number of ether oxygens (including phenoxy) is 2. The van der Waals surface area contributed by atoms with E-state index < -0.39 is 16.5 Å². The van der Waals surface area contributed by atoms with Crippen LogP contribution in [0.15, 0.2) is 53.5 Å². The fourth-order valence-corrected chi connectivity index (χ4v) is 3.49. The standard InChI is InChI=1S/C21H21ClN4O2.ClHO4/c1-3-27-21(28-4-2)20-25-24-18-13-23-19(14-8-6-5-7-9-14)16-12-15(22)10-11-17(16)26(18)20;2-1(3,4)5/h5-12,21H,3-4,13H2,1-2H3;(H,2,3,4,5)/p-1. The van der Waals surface area contributed by atoms with Crippen molar-refractivity contribution in [3.05, 3.63) is 76.3 Å². The minimum Gasteiger partial charge on any atom is -0.346 e. The van der Waals surface area contributed by atoms with Gasteiger partial charge in [0.1, 0.15) is 6.54 Å². The molecule has 0 N–H and O–H groups in total. The van der Waals surface area contributed by atoms with Crippen LogP contribution in [0.5, 0.6) is 0 Å². The molecule has 0 amide bonds. The average molecular weight is 496 g/mol. The van der Waals surface area contributed by atoms with Crippen LogP contribution in [0.4, 0.5) is 0 Å². The molecule has 10 nitrogen and oxygen atoms in total. The molecule has 1 aromatic heterocycles. The van der Waals surface area contributed by atoms with Crippen molar-refractivity contribution in [1.29, 1.82) is 0 Å². The van der Waals surface area contributed by atoms with Crippen molar-refractivity contribution in [3.8, 4) is 5.69 Å². The summed E-state index contributed by atoms with van der Waals surface area (Å²) in [4.78, 5) is 4.83. The van der Waals surface area contributed by atoms with Gasteiger partial charge in [0, 0.05) is 29.4 Å². The molecule has 4 rings (SSSR count). The molecule has 0 atom stereocenters. The van der Waals surface area contributed by atoms with Gasteiger partial charge in [0.25, 0.3) is 0 Å². The highest BCUT2D eigenvalue weighted by atomic mass is 35.7. The number of hydrogen-bond acceptors (Lipinski definition) is 9. The summed E-state index contributed by atoms with van der Waals surface area (Å²) < 4.78 is 47.5. The summed E-state index contributed by atoms with van der Waals surface area (Å²) in [6.45, 7) is 5.26. The second kappa shape index (κ2) is 11.1. The maximum Gasteiger partial charge on any atom is 0.219 e. The lowest BCUT2D eigenvalue weighted by atomic mass is 10.0. The molecule has 0 spiro atoms. The van der Waals surface area contributed by atoms with E-state index in [9.17, 15) is 0 Å². The number of halogens is 2. The maximum atomic E-state index is 8.49. The summed E-state index contributed by atoms with van der Waals surface area (Å²) in [7, 11) is -4.94. The Bertz CT molecular complexity index is 1090. The third kappa shape index (κ3) is 6.56. The quantitative estimate of drug-likeness (QED) is 0.417. The number of rotatable bonds is 6. The van der Waals surface area contributed by atoms with Gasteiger partial charge in [-0.3, -0.25) is 9.56 Å². The van der Waals surface area contributed by atoms with Crippen molar-refractivity contribution in [2.45, 2.75) is 26.7 Å². The van der Waals surface area contributed by atoms with E-state index in [1.54, 1.807) is 0 Å². The smallest absolute Gasteiger partial charge is 0.219 e. The van der Waals surface area contributed by atoms with Gasteiger partial charge in [-0.2, -0.15) is 0 Å². The van der Waals surface area contributed by atoms with Crippen LogP contribution >= 0.6 is 11.6 Å². The molecule has 176 valence electrons. The van der Waals surface area contributed by atoms with E-state index in [1.165, 1.54) is 0 Å². The molecule has 0 saturated carbocycles. The van der Waals surface area contributed by atoms with Crippen molar-refractivity contribution in [1.82, 2.24) is 14.8 Å². The van der Waals surface area contributed by atoms with Crippen LogP contribution in [0.25, 0.3) is 5.69 Å². The Morgan fingerprint density at radius 3 is 2.24 bits per heavy atom. The predicted octanol–water partition coefficient (Wildman–Crippen LogP) is -0.413. The van der Waals surface area contributed by atoms with E-state index in [-0.39, 0.29) is 0 Å². The lowest BCUT2D eigenvalue weighted by molar-refractivity contribution is -2.00. The molecule has 0 saturated heterocycles. The molecule has 0 aliphatic carbocycles.